The molecule has 0 saturated heterocycles. The van der Waals surface area contributed by atoms with E-state index in [4.69, 9.17) is 9.84 Å². The number of hydrogen-bond acceptors (Lipinski definition) is 4. The molecule has 1 aromatic carbocycles. The number of rotatable bonds is 5. The van der Waals surface area contributed by atoms with Gasteiger partial charge < -0.3 is 9.84 Å². The zero-order chi connectivity index (χ0) is 13.1. The van der Waals surface area contributed by atoms with E-state index >= 15 is 0 Å². The molecule has 0 bridgehead atoms. The van der Waals surface area contributed by atoms with Crippen LogP contribution in [0.4, 0.5) is 0 Å². The van der Waals surface area contributed by atoms with Gasteiger partial charge in [0.25, 0.3) is 0 Å². The molecule has 0 saturated carbocycles. The summed E-state index contributed by atoms with van der Waals surface area (Å²) in [5.41, 5.74) is -0.00660. The number of carboxylic acid groups (broad SMARTS) is 1. The molecule has 0 radical (unpaired) electrons. The number of halogens is 1. The van der Waals surface area contributed by atoms with Crippen molar-refractivity contribution in [2.45, 2.75) is 0 Å². The Bertz CT molecular complexity index is 523. The monoisotopic (exact) mass is 322 g/mol. The van der Waals surface area contributed by atoms with E-state index in [0.717, 1.165) is 6.26 Å². The minimum absolute atomic E-state index is 0.00660. The second-order valence-electron chi connectivity index (χ2n) is 3.42. The second-order valence-corrected chi connectivity index (χ2v) is 6.60. The van der Waals surface area contributed by atoms with Gasteiger partial charge in [0.15, 0.2) is 9.84 Å². The third-order valence-corrected chi connectivity index (χ3v) is 3.29. The topological polar surface area (TPSA) is 80.7 Å². The van der Waals surface area contributed by atoms with Gasteiger partial charge in [-0.2, -0.15) is 0 Å². The molecule has 0 spiro atoms. The van der Waals surface area contributed by atoms with E-state index in [1.165, 1.54) is 12.1 Å². The predicted octanol–water partition coefficient (Wildman–Crippen LogP) is 1.57. The van der Waals surface area contributed by atoms with Gasteiger partial charge in [0, 0.05) is 10.7 Å². The van der Waals surface area contributed by atoms with Crippen LogP contribution in [0.25, 0.3) is 0 Å². The van der Waals surface area contributed by atoms with Crippen molar-refractivity contribution in [3.05, 3.63) is 28.2 Å². The molecular formula is C10H11BrO5S. The Hall–Kier alpha value is -1.08. The zero-order valence-corrected chi connectivity index (χ0v) is 11.4. The Kier molecular flexibility index (Phi) is 4.53. The lowest BCUT2D eigenvalue weighted by molar-refractivity contribution is 0.0692. The van der Waals surface area contributed by atoms with E-state index in [-0.39, 0.29) is 23.7 Å². The Morgan fingerprint density at radius 1 is 1.47 bits per heavy atom. The van der Waals surface area contributed by atoms with Crippen molar-refractivity contribution in [2.75, 3.05) is 18.6 Å². The molecule has 5 nitrogen and oxygen atoms in total. The van der Waals surface area contributed by atoms with Crippen LogP contribution in [0.3, 0.4) is 0 Å². The Labute approximate surface area is 107 Å². The molecule has 1 aromatic rings. The van der Waals surface area contributed by atoms with Crippen molar-refractivity contribution in [3.8, 4) is 5.75 Å². The van der Waals surface area contributed by atoms with Gasteiger partial charge in [-0.25, -0.2) is 13.2 Å². The summed E-state index contributed by atoms with van der Waals surface area (Å²) in [6.07, 6.45) is 1.09. The van der Waals surface area contributed by atoms with E-state index in [1.54, 1.807) is 6.07 Å². The van der Waals surface area contributed by atoms with Gasteiger partial charge in [0.05, 0.1) is 5.75 Å². The summed E-state index contributed by atoms with van der Waals surface area (Å²) in [6.45, 7) is -0.0687. The lowest BCUT2D eigenvalue weighted by Gasteiger charge is -2.08. The van der Waals surface area contributed by atoms with Crippen molar-refractivity contribution in [1.29, 1.82) is 0 Å². The number of aromatic carboxylic acids is 1. The van der Waals surface area contributed by atoms with Crippen LogP contribution >= 0.6 is 15.9 Å². The third-order valence-electron chi connectivity index (χ3n) is 1.88. The molecule has 0 heterocycles. The number of hydrogen-bond donors (Lipinski definition) is 1. The van der Waals surface area contributed by atoms with Gasteiger partial charge in [-0.15, -0.1) is 0 Å². The van der Waals surface area contributed by atoms with Gasteiger partial charge >= 0.3 is 5.97 Å². The highest BCUT2D eigenvalue weighted by molar-refractivity contribution is 9.10. The first-order chi connectivity index (χ1) is 7.79. The van der Waals surface area contributed by atoms with Crippen molar-refractivity contribution in [3.63, 3.8) is 0 Å². The molecule has 1 rings (SSSR count). The smallest absolute Gasteiger partial charge is 0.339 e. The van der Waals surface area contributed by atoms with Crippen LogP contribution in [-0.2, 0) is 9.84 Å². The normalized spacial score (nSPS) is 11.2. The van der Waals surface area contributed by atoms with Crippen LogP contribution in [0, 0.1) is 0 Å². The quantitative estimate of drug-likeness (QED) is 0.890. The summed E-state index contributed by atoms with van der Waals surface area (Å²) >= 11 is 3.15. The van der Waals surface area contributed by atoms with E-state index < -0.39 is 15.8 Å². The molecule has 0 atom stereocenters. The van der Waals surface area contributed by atoms with Crippen LogP contribution in [-0.4, -0.2) is 38.1 Å². The molecule has 0 aliphatic heterocycles. The fourth-order valence-corrected chi connectivity index (χ4v) is 1.85. The molecule has 0 aliphatic carbocycles. The van der Waals surface area contributed by atoms with Crippen molar-refractivity contribution in [1.82, 2.24) is 0 Å². The fourth-order valence-electron chi connectivity index (χ4n) is 1.10. The summed E-state index contributed by atoms with van der Waals surface area (Å²) in [6, 6.07) is 4.51. The highest BCUT2D eigenvalue weighted by Crippen LogP contribution is 2.23. The maximum absolute atomic E-state index is 10.9. The summed E-state index contributed by atoms with van der Waals surface area (Å²) in [5.74, 6) is -1.12. The van der Waals surface area contributed by atoms with E-state index in [2.05, 4.69) is 15.9 Å². The first-order valence-corrected chi connectivity index (χ1v) is 7.48. The average molecular weight is 323 g/mol. The first-order valence-electron chi connectivity index (χ1n) is 4.63. The largest absolute Gasteiger partial charge is 0.492 e. The summed E-state index contributed by atoms with van der Waals surface area (Å²) < 4.78 is 27.5. The number of carboxylic acids is 1. The molecule has 0 fully saturated rings. The molecule has 0 aliphatic rings. The molecule has 0 unspecified atom stereocenters. The number of carbonyl (C=O) groups is 1. The molecule has 7 heteroatoms. The highest BCUT2D eigenvalue weighted by Gasteiger charge is 2.12. The molecule has 17 heavy (non-hydrogen) atoms. The van der Waals surface area contributed by atoms with Gasteiger partial charge in [-0.05, 0) is 18.2 Å². The van der Waals surface area contributed by atoms with Crippen molar-refractivity contribution < 1.29 is 23.1 Å². The van der Waals surface area contributed by atoms with E-state index in [1.807, 2.05) is 0 Å². The van der Waals surface area contributed by atoms with Crippen LogP contribution in [0.2, 0.25) is 0 Å². The predicted molar refractivity (Wildman–Crippen MR) is 66.3 cm³/mol. The molecule has 0 aromatic heterocycles. The van der Waals surface area contributed by atoms with Gasteiger partial charge in [0.2, 0.25) is 0 Å². The molecule has 0 amide bonds. The summed E-state index contributed by atoms with van der Waals surface area (Å²) in [4.78, 5) is 10.9. The molecule has 1 N–H and O–H groups in total. The standard InChI is InChI=1S/C10H11BrO5S/c1-17(14,15)5-4-16-9-3-2-7(11)6-8(9)10(12)13/h2-3,6H,4-5H2,1H3,(H,12,13). The molecule has 94 valence electrons. The lowest BCUT2D eigenvalue weighted by Crippen LogP contribution is -2.13. The maximum Gasteiger partial charge on any atom is 0.339 e. The maximum atomic E-state index is 10.9. The second kappa shape index (κ2) is 5.50. The average Bonchev–Trinajstić information content (AvgIpc) is 2.18. The highest BCUT2D eigenvalue weighted by atomic mass is 79.9. The van der Waals surface area contributed by atoms with Crippen molar-refractivity contribution >= 4 is 31.7 Å². The zero-order valence-electron chi connectivity index (χ0n) is 9.01. The van der Waals surface area contributed by atoms with E-state index in [9.17, 15) is 13.2 Å². The lowest BCUT2D eigenvalue weighted by atomic mass is 10.2. The summed E-state index contributed by atoms with van der Waals surface area (Å²) in [7, 11) is -3.12. The number of benzene rings is 1. The number of ether oxygens (including phenoxy) is 1. The van der Waals surface area contributed by atoms with Crippen LogP contribution in [0.15, 0.2) is 22.7 Å². The minimum Gasteiger partial charge on any atom is -0.492 e. The minimum atomic E-state index is -3.12. The van der Waals surface area contributed by atoms with Crippen LogP contribution < -0.4 is 4.74 Å². The van der Waals surface area contributed by atoms with Gasteiger partial charge in [-0.1, -0.05) is 15.9 Å². The Morgan fingerprint density at radius 2 is 2.12 bits per heavy atom. The first kappa shape index (κ1) is 14.0. The van der Waals surface area contributed by atoms with Gasteiger partial charge in [0.1, 0.15) is 17.9 Å². The van der Waals surface area contributed by atoms with Gasteiger partial charge in [-0.3, -0.25) is 0 Å². The number of sulfone groups is 1. The van der Waals surface area contributed by atoms with Crippen LogP contribution in [0.1, 0.15) is 10.4 Å². The fraction of sp³-hybridized carbons (Fsp3) is 0.300. The van der Waals surface area contributed by atoms with E-state index in [0.29, 0.717) is 4.47 Å². The summed E-state index contributed by atoms with van der Waals surface area (Å²) in [5, 5.41) is 8.93. The Morgan fingerprint density at radius 3 is 2.65 bits per heavy atom. The van der Waals surface area contributed by atoms with Crippen LogP contribution in [0.5, 0.6) is 5.75 Å². The Balaban J connectivity index is 2.81. The van der Waals surface area contributed by atoms with Crippen molar-refractivity contribution in [2.24, 2.45) is 0 Å². The molecular weight excluding hydrogens is 312 g/mol. The third kappa shape index (κ3) is 4.74. The SMILES string of the molecule is CS(=O)(=O)CCOc1ccc(Br)cc1C(=O)O.